The molecule has 2 rings (SSSR count). The molecule has 0 heterocycles. The van der Waals surface area contributed by atoms with Gasteiger partial charge >= 0.3 is 6.09 Å². The molecule has 3 amide bonds. The van der Waals surface area contributed by atoms with Gasteiger partial charge in [-0.1, -0.05) is 18.2 Å². The number of rotatable bonds is 7. The molecule has 0 saturated heterocycles. The first-order valence-corrected chi connectivity index (χ1v) is 12.0. The van der Waals surface area contributed by atoms with E-state index in [1.54, 1.807) is 51.1 Å². The van der Waals surface area contributed by atoms with Crippen molar-refractivity contribution in [2.24, 2.45) is 0 Å². The molecule has 0 fully saturated rings. The second-order valence-electron chi connectivity index (χ2n) is 8.86. The molecule has 0 aliphatic rings. The third kappa shape index (κ3) is 6.55. The molecule has 0 aromatic heterocycles. The quantitative estimate of drug-likeness (QED) is 0.399. The lowest BCUT2D eigenvalue weighted by atomic mass is 10.0. The summed E-state index contributed by atoms with van der Waals surface area (Å²) in [6.45, 7) is 6.07. The van der Waals surface area contributed by atoms with Crippen molar-refractivity contribution in [1.82, 2.24) is 10.4 Å². The number of nitrogens with one attached hydrogen (secondary N) is 2. The minimum atomic E-state index is -4.13. The number of nitrogens with zero attached hydrogens (tertiary/aromatic N) is 1. The average Bonchev–Trinajstić information content (AvgIpc) is 2.77. The largest absolute Gasteiger partial charge is 0.444 e. The van der Waals surface area contributed by atoms with Crippen LogP contribution in [-0.2, 0) is 19.4 Å². The molecular formula is C23H29N3O7S. The summed E-state index contributed by atoms with van der Waals surface area (Å²) in [5, 5.41) is 11.9. The summed E-state index contributed by atoms with van der Waals surface area (Å²) >= 11 is 0. The number of hydrogen-bond acceptors (Lipinski definition) is 7. The number of anilines is 1. The molecule has 11 heteroatoms. The standard InChI is InChI=1S/C23H29N3O7S/c1-22(2,3)33-21(29)26(5)23(4,20(28)25-30)15-34(31,32)18-13-11-17(12-14-18)24-19(27)16-9-7-6-8-10-16/h6-14,30H,15H2,1-5H3,(H,24,27)(H,25,28). The highest BCUT2D eigenvalue weighted by Gasteiger charge is 2.45. The van der Waals surface area contributed by atoms with Crippen molar-refractivity contribution in [2.45, 2.75) is 43.7 Å². The van der Waals surface area contributed by atoms with Gasteiger partial charge in [0.25, 0.3) is 11.8 Å². The number of ether oxygens (including phenoxy) is 1. The summed E-state index contributed by atoms with van der Waals surface area (Å²) in [5.74, 6) is -2.30. The summed E-state index contributed by atoms with van der Waals surface area (Å²) < 4.78 is 31.5. The molecule has 2 aromatic rings. The van der Waals surface area contributed by atoms with E-state index in [1.807, 2.05) is 0 Å². The number of hydroxylamine groups is 1. The Morgan fingerprint density at radius 1 is 0.971 bits per heavy atom. The van der Waals surface area contributed by atoms with Gasteiger partial charge in [0.2, 0.25) is 0 Å². The summed E-state index contributed by atoms with van der Waals surface area (Å²) in [5.41, 5.74) is -0.644. The van der Waals surface area contributed by atoms with Gasteiger partial charge in [-0.3, -0.25) is 19.7 Å². The minimum Gasteiger partial charge on any atom is -0.444 e. The van der Waals surface area contributed by atoms with E-state index in [-0.39, 0.29) is 10.8 Å². The second-order valence-corrected chi connectivity index (χ2v) is 10.8. The molecule has 1 atom stereocenters. The number of likely N-dealkylation sites (N-methyl/N-ethyl adjacent to an activating group) is 1. The van der Waals surface area contributed by atoms with E-state index >= 15 is 0 Å². The van der Waals surface area contributed by atoms with Gasteiger partial charge in [0.05, 0.1) is 10.6 Å². The number of amides is 3. The predicted molar refractivity (Wildman–Crippen MR) is 125 cm³/mol. The lowest BCUT2D eigenvalue weighted by Crippen LogP contribution is -2.61. The topological polar surface area (TPSA) is 142 Å². The fourth-order valence-corrected chi connectivity index (χ4v) is 4.74. The average molecular weight is 492 g/mol. The molecule has 10 nitrogen and oxygen atoms in total. The first kappa shape index (κ1) is 26.8. The third-order valence-electron chi connectivity index (χ3n) is 4.98. The number of carbonyl (C=O) groups is 3. The van der Waals surface area contributed by atoms with Crippen molar-refractivity contribution in [1.29, 1.82) is 0 Å². The monoisotopic (exact) mass is 491 g/mol. The van der Waals surface area contributed by atoms with Gasteiger partial charge in [0, 0.05) is 18.3 Å². The summed E-state index contributed by atoms with van der Waals surface area (Å²) in [7, 11) is -2.92. The van der Waals surface area contributed by atoms with Crippen LogP contribution in [0.4, 0.5) is 10.5 Å². The summed E-state index contributed by atoms with van der Waals surface area (Å²) in [4.78, 5) is 37.9. The summed E-state index contributed by atoms with van der Waals surface area (Å²) in [6.07, 6.45) is -0.937. The molecule has 0 aliphatic carbocycles. The zero-order chi connectivity index (χ0) is 25.7. The van der Waals surface area contributed by atoms with E-state index in [9.17, 15) is 28.0 Å². The van der Waals surface area contributed by atoms with Crippen LogP contribution in [-0.4, -0.2) is 60.4 Å². The Kier molecular flexibility index (Phi) is 8.06. The highest BCUT2D eigenvalue weighted by molar-refractivity contribution is 7.91. The maximum absolute atomic E-state index is 13.1. The SMILES string of the molecule is CN(C(=O)OC(C)(C)C)C(C)(CS(=O)(=O)c1ccc(NC(=O)c2ccccc2)cc1)C(=O)NO. The van der Waals surface area contributed by atoms with Crippen LogP contribution in [0.25, 0.3) is 0 Å². The van der Waals surface area contributed by atoms with Crippen LogP contribution in [0.5, 0.6) is 0 Å². The van der Waals surface area contributed by atoms with Gasteiger partial charge in [0.15, 0.2) is 9.84 Å². The molecule has 3 N–H and O–H groups in total. The van der Waals surface area contributed by atoms with Crippen LogP contribution in [0.1, 0.15) is 38.1 Å². The molecular weight excluding hydrogens is 462 g/mol. The minimum absolute atomic E-state index is 0.139. The second kappa shape index (κ2) is 10.2. The smallest absolute Gasteiger partial charge is 0.410 e. The van der Waals surface area contributed by atoms with Crippen molar-refractivity contribution < 1.29 is 32.7 Å². The van der Waals surface area contributed by atoms with Crippen LogP contribution in [0, 0.1) is 0 Å². The number of benzene rings is 2. The van der Waals surface area contributed by atoms with Gasteiger partial charge in [0.1, 0.15) is 11.1 Å². The molecule has 0 aliphatic heterocycles. The summed E-state index contributed by atoms with van der Waals surface area (Å²) in [6, 6.07) is 13.9. The van der Waals surface area contributed by atoms with E-state index in [2.05, 4.69) is 5.32 Å². The van der Waals surface area contributed by atoms with E-state index < -0.39 is 38.7 Å². The van der Waals surface area contributed by atoms with Gasteiger partial charge < -0.3 is 10.1 Å². The van der Waals surface area contributed by atoms with Crippen molar-refractivity contribution in [3.05, 3.63) is 60.2 Å². The first-order valence-electron chi connectivity index (χ1n) is 10.3. The van der Waals surface area contributed by atoms with Crippen molar-refractivity contribution in [2.75, 3.05) is 18.1 Å². The van der Waals surface area contributed by atoms with Crippen LogP contribution >= 0.6 is 0 Å². The van der Waals surface area contributed by atoms with Crippen molar-refractivity contribution in [3.8, 4) is 0 Å². The van der Waals surface area contributed by atoms with E-state index in [4.69, 9.17) is 4.74 Å². The fraction of sp³-hybridized carbons (Fsp3) is 0.348. The Balaban J connectivity index is 2.26. The van der Waals surface area contributed by atoms with Gasteiger partial charge in [-0.25, -0.2) is 18.7 Å². The maximum atomic E-state index is 13.1. The van der Waals surface area contributed by atoms with Crippen LogP contribution in [0.15, 0.2) is 59.5 Å². The Morgan fingerprint density at radius 2 is 1.53 bits per heavy atom. The Bertz CT molecular complexity index is 1140. The molecule has 34 heavy (non-hydrogen) atoms. The third-order valence-corrected chi connectivity index (χ3v) is 6.91. The number of carbonyl (C=O) groups excluding carboxylic acids is 3. The number of sulfone groups is 1. The van der Waals surface area contributed by atoms with Crippen LogP contribution in [0.2, 0.25) is 0 Å². The molecule has 1 unspecified atom stereocenters. The Morgan fingerprint density at radius 3 is 2.03 bits per heavy atom. The molecule has 0 radical (unpaired) electrons. The van der Waals surface area contributed by atoms with E-state index in [0.717, 1.165) is 4.90 Å². The van der Waals surface area contributed by atoms with Crippen molar-refractivity contribution >= 4 is 33.4 Å². The zero-order valence-corrected chi connectivity index (χ0v) is 20.5. The van der Waals surface area contributed by atoms with E-state index in [0.29, 0.717) is 11.3 Å². The number of hydrogen-bond donors (Lipinski definition) is 3. The predicted octanol–water partition coefficient (Wildman–Crippen LogP) is 2.84. The maximum Gasteiger partial charge on any atom is 0.410 e. The normalized spacial score (nSPS) is 13.4. The highest BCUT2D eigenvalue weighted by atomic mass is 32.2. The van der Waals surface area contributed by atoms with Gasteiger partial charge in [-0.2, -0.15) is 0 Å². The molecule has 184 valence electrons. The molecule has 2 aromatic carbocycles. The van der Waals surface area contributed by atoms with Gasteiger partial charge in [-0.05, 0) is 64.1 Å². The zero-order valence-electron chi connectivity index (χ0n) is 19.7. The van der Waals surface area contributed by atoms with Crippen LogP contribution in [0.3, 0.4) is 0 Å². The van der Waals surface area contributed by atoms with Crippen LogP contribution < -0.4 is 10.8 Å². The van der Waals surface area contributed by atoms with Crippen molar-refractivity contribution in [3.63, 3.8) is 0 Å². The Hall–Kier alpha value is -3.44. The first-order chi connectivity index (χ1) is 15.7. The highest BCUT2D eigenvalue weighted by Crippen LogP contribution is 2.25. The molecule has 0 saturated carbocycles. The lowest BCUT2D eigenvalue weighted by molar-refractivity contribution is -0.139. The lowest BCUT2D eigenvalue weighted by Gasteiger charge is -2.37. The Labute approximate surface area is 198 Å². The molecule has 0 spiro atoms. The van der Waals surface area contributed by atoms with E-state index in [1.165, 1.54) is 43.7 Å². The fourth-order valence-electron chi connectivity index (χ4n) is 2.96. The van der Waals surface area contributed by atoms with Gasteiger partial charge in [-0.15, -0.1) is 0 Å². The molecule has 0 bridgehead atoms.